The van der Waals surface area contributed by atoms with Crippen molar-refractivity contribution in [2.75, 3.05) is 13.6 Å². The quantitative estimate of drug-likeness (QED) is 0.827. The van der Waals surface area contributed by atoms with Gasteiger partial charge in [0.05, 0.1) is 11.2 Å². The number of rotatable bonds is 4. The molecule has 6 heteroatoms. The summed E-state index contributed by atoms with van der Waals surface area (Å²) < 4.78 is 12.1. The Morgan fingerprint density at radius 2 is 1.95 bits per heavy atom. The summed E-state index contributed by atoms with van der Waals surface area (Å²) in [5.41, 5.74) is 0.916. The van der Waals surface area contributed by atoms with E-state index in [1.165, 1.54) is 0 Å². The summed E-state index contributed by atoms with van der Waals surface area (Å²) in [6.45, 7) is 8.73. The van der Waals surface area contributed by atoms with Crippen molar-refractivity contribution < 1.29 is 9.31 Å². The lowest BCUT2D eigenvalue weighted by molar-refractivity contribution is 0.00578. The highest BCUT2D eigenvalue weighted by Gasteiger charge is 2.52. The van der Waals surface area contributed by atoms with E-state index in [-0.39, 0.29) is 16.8 Å². The number of aromatic amines is 1. The molecule has 1 aliphatic heterocycles. The number of pyridine rings is 1. The minimum atomic E-state index is -0.415. The van der Waals surface area contributed by atoms with Crippen LogP contribution in [0.5, 0.6) is 0 Å². The lowest BCUT2D eigenvalue weighted by Gasteiger charge is -2.32. The molecular weight excluding hydrogens is 267 g/mol. The van der Waals surface area contributed by atoms with E-state index in [1.807, 2.05) is 46.9 Å². The maximum absolute atomic E-state index is 11.4. The van der Waals surface area contributed by atoms with Crippen molar-refractivity contribution in [1.82, 2.24) is 10.3 Å². The Morgan fingerprint density at radius 1 is 1.33 bits per heavy atom. The van der Waals surface area contributed by atoms with Gasteiger partial charge in [-0.05, 0) is 51.8 Å². The van der Waals surface area contributed by atoms with Gasteiger partial charge in [-0.15, -0.1) is 0 Å². The van der Waals surface area contributed by atoms with Crippen molar-refractivity contribution in [2.45, 2.75) is 38.9 Å². The summed E-state index contributed by atoms with van der Waals surface area (Å²) in [6, 6.07) is 3.41. The number of H-pyrrole nitrogens is 1. The molecule has 114 valence electrons. The zero-order valence-corrected chi connectivity index (χ0v) is 13.3. The topological polar surface area (TPSA) is 63.4 Å². The van der Waals surface area contributed by atoms with Crippen LogP contribution in [-0.2, 0) is 9.31 Å². The summed E-state index contributed by atoms with van der Waals surface area (Å²) in [4.78, 5) is 14.0. The molecule has 2 rings (SSSR count). The first-order valence-electron chi connectivity index (χ1n) is 7.14. The summed E-state index contributed by atoms with van der Waals surface area (Å²) in [5, 5.41) is 3.12. The van der Waals surface area contributed by atoms with Gasteiger partial charge in [0.25, 0.3) is 0 Å². The smallest absolute Gasteiger partial charge is 0.400 e. The summed E-state index contributed by atoms with van der Waals surface area (Å²) >= 11 is 0. The molecule has 0 amide bonds. The number of aromatic nitrogens is 1. The third kappa shape index (κ3) is 3.45. The molecule has 1 saturated heterocycles. The van der Waals surface area contributed by atoms with Crippen LogP contribution in [0.1, 0.15) is 33.3 Å². The largest absolute Gasteiger partial charge is 0.491 e. The molecule has 0 radical (unpaired) electrons. The predicted molar refractivity (Wildman–Crippen MR) is 85.0 cm³/mol. The third-order valence-corrected chi connectivity index (χ3v) is 4.09. The number of hydrogen-bond donors (Lipinski definition) is 2. The molecule has 0 spiro atoms. The highest BCUT2D eigenvalue weighted by molar-refractivity contribution is 6.55. The van der Waals surface area contributed by atoms with Gasteiger partial charge < -0.3 is 19.6 Å². The summed E-state index contributed by atoms with van der Waals surface area (Å²) in [6.07, 6.45) is 3.57. The molecule has 1 aromatic rings. The number of nitrogens with one attached hydrogen (secondary N) is 2. The molecule has 0 saturated carbocycles. The number of likely N-dealkylation sites (N-methyl/N-ethyl adjacent to an activating group) is 1. The first-order chi connectivity index (χ1) is 9.75. The predicted octanol–water partition coefficient (Wildman–Crippen LogP) is 1.61. The molecule has 2 heterocycles. The maximum atomic E-state index is 11.4. The van der Waals surface area contributed by atoms with E-state index in [1.54, 1.807) is 12.3 Å². The zero-order chi connectivity index (χ0) is 15.7. The van der Waals surface area contributed by atoms with Crippen LogP contribution in [0.4, 0.5) is 0 Å². The monoisotopic (exact) mass is 290 g/mol. The average Bonchev–Trinajstić information content (AvgIpc) is 2.58. The Morgan fingerprint density at radius 3 is 2.48 bits per heavy atom. The van der Waals surface area contributed by atoms with Crippen LogP contribution >= 0.6 is 0 Å². The Labute approximate surface area is 125 Å². The van der Waals surface area contributed by atoms with Crippen molar-refractivity contribution in [3.63, 3.8) is 0 Å². The lowest BCUT2D eigenvalue weighted by atomic mass is 9.77. The Balaban J connectivity index is 2.30. The van der Waals surface area contributed by atoms with Gasteiger partial charge in [0, 0.05) is 18.8 Å². The van der Waals surface area contributed by atoms with E-state index < -0.39 is 7.12 Å². The fourth-order valence-electron chi connectivity index (χ4n) is 2.17. The average molecular weight is 290 g/mol. The van der Waals surface area contributed by atoms with Crippen LogP contribution in [0.25, 0.3) is 6.08 Å². The molecule has 0 unspecified atom stereocenters. The minimum absolute atomic E-state index is 0.124. The van der Waals surface area contributed by atoms with Crippen LogP contribution in [0, 0.1) is 0 Å². The molecular formula is C15H23BN2O3. The van der Waals surface area contributed by atoms with Crippen LogP contribution in [-0.4, -0.2) is 36.9 Å². The second kappa shape index (κ2) is 5.79. The molecule has 0 aliphatic carbocycles. The van der Waals surface area contributed by atoms with Gasteiger partial charge in [-0.3, -0.25) is 4.79 Å². The van der Waals surface area contributed by atoms with E-state index in [0.29, 0.717) is 6.54 Å². The molecule has 1 aliphatic rings. The SMILES string of the molecule is CNCC(=Cc1cc[nH]c(=O)c1)B1OC(C)(C)C(C)(C)O1. The first kappa shape index (κ1) is 16.0. The van der Waals surface area contributed by atoms with E-state index in [4.69, 9.17) is 9.31 Å². The fraction of sp³-hybridized carbons (Fsp3) is 0.533. The van der Waals surface area contributed by atoms with Gasteiger partial charge >= 0.3 is 7.12 Å². The molecule has 0 aromatic carbocycles. The van der Waals surface area contributed by atoms with Crippen LogP contribution in [0.2, 0.25) is 0 Å². The first-order valence-corrected chi connectivity index (χ1v) is 7.14. The Bertz CT molecular complexity index is 577. The molecule has 2 N–H and O–H groups in total. The lowest BCUT2D eigenvalue weighted by Crippen LogP contribution is -2.41. The van der Waals surface area contributed by atoms with E-state index in [2.05, 4.69) is 10.3 Å². The molecule has 1 aromatic heterocycles. The zero-order valence-electron chi connectivity index (χ0n) is 13.3. The third-order valence-electron chi connectivity index (χ3n) is 4.09. The second-order valence-electron chi connectivity index (χ2n) is 6.32. The van der Waals surface area contributed by atoms with Gasteiger partial charge in [-0.1, -0.05) is 6.08 Å². The Kier molecular flexibility index (Phi) is 4.42. The van der Waals surface area contributed by atoms with Crippen LogP contribution < -0.4 is 10.9 Å². The standard InChI is InChI=1S/C15H23BN2O3/c1-14(2)15(3,4)21-16(20-14)12(10-17-5)8-11-6-7-18-13(19)9-11/h6-9,17H,10H2,1-5H3,(H,18,19). The van der Waals surface area contributed by atoms with Crippen LogP contribution in [0.3, 0.4) is 0 Å². The van der Waals surface area contributed by atoms with Gasteiger partial charge in [0.2, 0.25) is 5.56 Å². The van der Waals surface area contributed by atoms with Crippen molar-refractivity contribution in [3.8, 4) is 0 Å². The van der Waals surface area contributed by atoms with E-state index in [9.17, 15) is 4.79 Å². The second-order valence-corrected chi connectivity index (χ2v) is 6.32. The summed E-state index contributed by atoms with van der Waals surface area (Å²) in [5.74, 6) is 0. The minimum Gasteiger partial charge on any atom is -0.400 e. The fourth-order valence-corrected chi connectivity index (χ4v) is 2.17. The van der Waals surface area contributed by atoms with Crippen molar-refractivity contribution in [1.29, 1.82) is 0 Å². The van der Waals surface area contributed by atoms with Gasteiger partial charge in [0.15, 0.2) is 0 Å². The molecule has 0 atom stereocenters. The van der Waals surface area contributed by atoms with Gasteiger partial charge in [-0.2, -0.15) is 0 Å². The van der Waals surface area contributed by atoms with Crippen molar-refractivity contribution in [2.24, 2.45) is 0 Å². The highest BCUT2D eigenvalue weighted by Crippen LogP contribution is 2.38. The molecule has 1 fully saturated rings. The van der Waals surface area contributed by atoms with Crippen molar-refractivity contribution in [3.05, 3.63) is 39.7 Å². The highest BCUT2D eigenvalue weighted by atomic mass is 16.7. The Hall–Kier alpha value is -1.37. The number of hydrogen-bond acceptors (Lipinski definition) is 4. The van der Waals surface area contributed by atoms with Gasteiger partial charge in [0.1, 0.15) is 0 Å². The van der Waals surface area contributed by atoms with Gasteiger partial charge in [-0.25, -0.2) is 0 Å². The maximum Gasteiger partial charge on any atom is 0.491 e. The normalized spacial score (nSPS) is 20.8. The molecule has 21 heavy (non-hydrogen) atoms. The van der Waals surface area contributed by atoms with E-state index in [0.717, 1.165) is 11.0 Å². The van der Waals surface area contributed by atoms with E-state index >= 15 is 0 Å². The molecule has 0 bridgehead atoms. The van der Waals surface area contributed by atoms with Crippen LogP contribution in [0.15, 0.2) is 28.6 Å². The molecule has 5 nitrogen and oxygen atoms in total. The summed E-state index contributed by atoms with van der Waals surface area (Å²) in [7, 11) is 1.46. The van der Waals surface area contributed by atoms with Crippen molar-refractivity contribution >= 4 is 13.2 Å².